The minimum absolute atomic E-state index is 0.253. The molecule has 0 aromatic heterocycles. The van der Waals surface area contributed by atoms with E-state index in [4.69, 9.17) is 14.6 Å². The van der Waals surface area contributed by atoms with Crippen LogP contribution in [-0.2, 0) is 4.74 Å². The van der Waals surface area contributed by atoms with E-state index >= 15 is 0 Å². The molecule has 0 radical (unpaired) electrons. The Morgan fingerprint density at radius 1 is 1.35 bits per heavy atom. The van der Waals surface area contributed by atoms with Crippen molar-refractivity contribution in [1.82, 2.24) is 0 Å². The molecule has 3 nitrogen and oxygen atoms in total. The fourth-order valence-electron chi connectivity index (χ4n) is 1.22. The second kappa shape index (κ2) is 7.66. The van der Waals surface area contributed by atoms with Crippen molar-refractivity contribution in [1.29, 1.82) is 0 Å². The summed E-state index contributed by atoms with van der Waals surface area (Å²) in [6, 6.07) is 4.47. The van der Waals surface area contributed by atoms with Gasteiger partial charge in [-0.15, -0.1) is 0 Å². The van der Waals surface area contributed by atoms with Crippen molar-refractivity contribution in [3.8, 4) is 17.6 Å². The molecule has 0 heterocycles. The van der Waals surface area contributed by atoms with Gasteiger partial charge in [0.2, 0.25) is 0 Å². The number of halogens is 1. The lowest BCUT2D eigenvalue weighted by Crippen LogP contribution is -2.01. The maximum absolute atomic E-state index is 13.5. The summed E-state index contributed by atoms with van der Waals surface area (Å²) in [6.45, 7) is 0.812. The van der Waals surface area contributed by atoms with Crippen LogP contribution in [0.2, 0.25) is 0 Å². The molecule has 1 N–H and O–H groups in total. The normalized spacial score (nSPS) is 9.59. The molecule has 1 rings (SSSR count). The van der Waals surface area contributed by atoms with Gasteiger partial charge in [0.15, 0.2) is 0 Å². The minimum atomic E-state index is -0.449. The molecule has 0 aliphatic carbocycles. The molecule has 0 fully saturated rings. The molecule has 1 aromatic carbocycles. The van der Waals surface area contributed by atoms with Crippen LogP contribution in [0.4, 0.5) is 4.39 Å². The summed E-state index contributed by atoms with van der Waals surface area (Å²) in [5, 5.41) is 8.51. The highest BCUT2D eigenvalue weighted by atomic mass is 19.1. The molecule has 0 atom stereocenters. The summed E-state index contributed by atoms with van der Waals surface area (Å²) in [5.74, 6) is 4.93. The third-order valence-electron chi connectivity index (χ3n) is 2.00. The Labute approximate surface area is 100 Å². The van der Waals surface area contributed by atoms with Crippen LogP contribution in [0, 0.1) is 17.7 Å². The van der Waals surface area contributed by atoms with Gasteiger partial charge < -0.3 is 14.6 Å². The molecule has 0 bridgehead atoms. The van der Waals surface area contributed by atoms with E-state index in [-0.39, 0.29) is 12.2 Å². The van der Waals surface area contributed by atoms with Crippen molar-refractivity contribution in [2.24, 2.45) is 0 Å². The number of hydrogen-bond donors (Lipinski definition) is 1. The van der Waals surface area contributed by atoms with E-state index in [1.807, 2.05) is 0 Å². The number of benzene rings is 1. The third kappa shape index (κ3) is 4.85. The van der Waals surface area contributed by atoms with Gasteiger partial charge in [0.05, 0.1) is 12.2 Å². The molecule has 1 aromatic rings. The zero-order valence-corrected chi connectivity index (χ0v) is 9.70. The summed E-state index contributed by atoms with van der Waals surface area (Å²) in [7, 11) is 1.62. The van der Waals surface area contributed by atoms with Crippen LogP contribution in [0.15, 0.2) is 18.2 Å². The van der Waals surface area contributed by atoms with Crippen molar-refractivity contribution in [2.45, 2.75) is 6.42 Å². The standard InChI is InChI=1S/C13H15FO3/c1-16-8-3-9-17-12-6-5-11(4-2-7-15)13(14)10-12/h5-6,10,15H,3,7-9H2,1H3. The second-order valence-electron chi connectivity index (χ2n) is 3.30. The summed E-state index contributed by atoms with van der Waals surface area (Å²) in [5.41, 5.74) is 0.253. The number of aliphatic hydroxyl groups excluding tert-OH is 1. The summed E-state index contributed by atoms with van der Waals surface area (Å²) in [6.07, 6.45) is 0.754. The first-order valence-electron chi connectivity index (χ1n) is 5.29. The molecule has 0 aliphatic heterocycles. The fourth-order valence-corrected chi connectivity index (χ4v) is 1.22. The molecular formula is C13H15FO3. The smallest absolute Gasteiger partial charge is 0.142 e. The second-order valence-corrected chi connectivity index (χ2v) is 3.30. The molecule has 0 aliphatic rings. The van der Waals surface area contributed by atoms with Gasteiger partial charge in [-0.3, -0.25) is 0 Å². The van der Waals surface area contributed by atoms with Crippen molar-refractivity contribution in [3.05, 3.63) is 29.6 Å². The Balaban J connectivity index is 2.56. The average molecular weight is 238 g/mol. The largest absolute Gasteiger partial charge is 0.493 e. The van der Waals surface area contributed by atoms with E-state index in [9.17, 15) is 4.39 Å². The summed E-state index contributed by atoms with van der Waals surface area (Å²) in [4.78, 5) is 0. The first-order chi connectivity index (χ1) is 8.27. The first kappa shape index (κ1) is 13.5. The number of methoxy groups -OCH3 is 1. The molecule has 0 saturated heterocycles. The molecule has 0 amide bonds. The predicted octanol–water partition coefficient (Wildman–Crippen LogP) is 1.58. The minimum Gasteiger partial charge on any atom is -0.493 e. The Kier molecular flexibility index (Phi) is 6.08. The zero-order valence-electron chi connectivity index (χ0n) is 9.70. The molecule has 0 saturated carbocycles. The van der Waals surface area contributed by atoms with Crippen molar-refractivity contribution in [2.75, 3.05) is 26.9 Å². The van der Waals surface area contributed by atoms with E-state index in [1.54, 1.807) is 13.2 Å². The lowest BCUT2D eigenvalue weighted by atomic mass is 10.2. The van der Waals surface area contributed by atoms with Gasteiger partial charge in [-0.05, 0) is 12.1 Å². The predicted molar refractivity (Wildman–Crippen MR) is 62.4 cm³/mol. The highest BCUT2D eigenvalue weighted by Crippen LogP contribution is 2.16. The van der Waals surface area contributed by atoms with Crippen LogP contribution in [-0.4, -0.2) is 32.0 Å². The maximum Gasteiger partial charge on any atom is 0.142 e. The Morgan fingerprint density at radius 2 is 2.18 bits per heavy atom. The van der Waals surface area contributed by atoms with Gasteiger partial charge >= 0.3 is 0 Å². The maximum atomic E-state index is 13.5. The molecule has 4 heteroatoms. The first-order valence-corrected chi connectivity index (χ1v) is 5.29. The van der Waals surface area contributed by atoms with Crippen LogP contribution < -0.4 is 4.74 Å². The topological polar surface area (TPSA) is 38.7 Å². The highest BCUT2D eigenvalue weighted by molar-refractivity contribution is 5.39. The van der Waals surface area contributed by atoms with Crippen LogP contribution in [0.5, 0.6) is 5.75 Å². The SMILES string of the molecule is COCCCOc1ccc(C#CCO)c(F)c1. The van der Waals surface area contributed by atoms with E-state index in [1.165, 1.54) is 12.1 Å². The molecule has 0 spiro atoms. The Bertz CT molecular complexity index is 407. The van der Waals surface area contributed by atoms with E-state index in [0.717, 1.165) is 6.42 Å². The zero-order chi connectivity index (χ0) is 12.5. The number of aliphatic hydroxyl groups is 1. The number of rotatable bonds is 5. The Morgan fingerprint density at radius 3 is 2.82 bits per heavy atom. The lowest BCUT2D eigenvalue weighted by Gasteiger charge is -2.06. The van der Waals surface area contributed by atoms with Gasteiger partial charge in [-0.25, -0.2) is 4.39 Å². The quantitative estimate of drug-likeness (QED) is 0.625. The monoisotopic (exact) mass is 238 g/mol. The van der Waals surface area contributed by atoms with Gasteiger partial charge in [0.25, 0.3) is 0 Å². The van der Waals surface area contributed by atoms with Crippen molar-refractivity contribution < 1.29 is 19.0 Å². The summed E-state index contributed by atoms with van der Waals surface area (Å²) >= 11 is 0. The van der Waals surface area contributed by atoms with E-state index in [2.05, 4.69) is 11.8 Å². The Hall–Kier alpha value is -1.57. The van der Waals surface area contributed by atoms with E-state index < -0.39 is 5.82 Å². The number of ether oxygens (including phenoxy) is 2. The molecular weight excluding hydrogens is 223 g/mol. The fraction of sp³-hybridized carbons (Fsp3) is 0.385. The van der Waals surface area contributed by atoms with Gasteiger partial charge in [0, 0.05) is 26.2 Å². The molecule has 0 unspecified atom stereocenters. The van der Waals surface area contributed by atoms with Crippen LogP contribution in [0.25, 0.3) is 0 Å². The van der Waals surface area contributed by atoms with Crippen molar-refractivity contribution in [3.63, 3.8) is 0 Å². The van der Waals surface area contributed by atoms with Crippen LogP contribution >= 0.6 is 0 Å². The number of hydrogen-bond acceptors (Lipinski definition) is 3. The highest BCUT2D eigenvalue weighted by Gasteiger charge is 2.01. The average Bonchev–Trinajstić information content (AvgIpc) is 2.34. The van der Waals surface area contributed by atoms with Crippen LogP contribution in [0.1, 0.15) is 12.0 Å². The van der Waals surface area contributed by atoms with Crippen molar-refractivity contribution >= 4 is 0 Å². The van der Waals surface area contributed by atoms with Gasteiger partial charge in [0.1, 0.15) is 18.2 Å². The van der Waals surface area contributed by atoms with Crippen LogP contribution in [0.3, 0.4) is 0 Å². The van der Waals surface area contributed by atoms with E-state index in [0.29, 0.717) is 19.0 Å². The lowest BCUT2D eigenvalue weighted by molar-refractivity contribution is 0.172. The molecule has 17 heavy (non-hydrogen) atoms. The third-order valence-corrected chi connectivity index (χ3v) is 2.00. The van der Waals surface area contributed by atoms with Gasteiger partial charge in [-0.1, -0.05) is 11.8 Å². The van der Waals surface area contributed by atoms with Gasteiger partial charge in [-0.2, -0.15) is 0 Å². The molecule has 92 valence electrons. The summed E-state index contributed by atoms with van der Waals surface area (Å²) < 4.78 is 23.7.